The number of rotatable bonds is 13. The van der Waals surface area contributed by atoms with Gasteiger partial charge in [-0.15, -0.1) is 0 Å². The van der Waals surface area contributed by atoms with E-state index in [1.807, 2.05) is 26.1 Å². The van der Waals surface area contributed by atoms with Crippen molar-refractivity contribution in [3.8, 4) is 11.8 Å². The average molecular weight is 687 g/mol. The summed E-state index contributed by atoms with van der Waals surface area (Å²) in [6.07, 6.45) is 10.2. The number of aromatic nitrogens is 2. The van der Waals surface area contributed by atoms with Crippen molar-refractivity contribution in [1.29, 1.82) is 0 Å². The van der Waals surface area contributed by atoms with E-state index < -0.39 is 0 Å². The van der Waals surface area contributed by atoms with E-state index in [2.05, 4.69) is 63.4 Å². The topological polar surface area (TPSA) is 85.3 Å². The first-order chi connectivity index (χ1) is 20.3. The van der Waals surface area contributed by atoms with Gasteiger partial charge in [0.15, 0.2) is 0 Å². The predicted molar refractivity (Wildman–Crippen MR) is 180 cm³/mol. The van der Waals surface area contributed by atoms with E-state index in [-0.39, 0.29) is 11.7 Å². The van der Waals surface area contributed by atoms with Crippen LogP contribution in [-0.4, -0.2) is 87.8 Å². The maximum atomic E-state index is 12.3. The fourth-order valence-corrected chi connectivity index (χ4v) is 6.48. The van der Waals surface area contributed by atoms with Crippen LogP contribution in [-0.2, 0) is 17.8 Å². The fourth-order valence-electron chi connectivity index (χ4n) is 5.80. The molecule has 0 spiro atoms. The Kier molecular flexibility index (Phi) is 11.3. The zero-order valence-electron chi connectivity index (χ0n) is 25.1. The molecule has 2 aliphatic heterocycles. The molecular weight excluding hydrogens is 643 g/mol. The van der Waals surface area contributed by atoms with E-state index >= 15 is 0 Å². The first-order valence-electron chi connectivity index (χ1n) is 14.7. The van der Waals surface area contributed by atoms with Crippen LogP contribution in [0.4, 0.5) is 11.5 Å². The van der Waals surface area contributed by atoms with Crippen molar-refractivity contribution in [2.45, 2.75) is 45.7 Å². The number of carbonyl (C=O) groups excluding carboxylic acids is 1. The lowest BCUT2D eigenvalue weighted by atomic mass is 9.99. The molecule has 2 aromatic rings. The first kappa shape index (κ1) is 31.8. The summed E-state index contributed by atoms with van der Waals surface area (Å²) in [5, 5.41) is 10.5. The summed E-state index contributed by atoms with van der Waals surface area (Å²) in [6, 6.07) is 4.30. The number of benzene rings is 1. The molecule has 2 aliphatic rings. The van der Waals surface area contributed by atoms with Crippen molar-refractivity contribution < 1.29 is 14.6 Å². The number of phenols is 1. The molecule has 10 heteroatoms. The molecule has 3 heterocycles. The molecule has 1 aromatic carbocycles. The standard InChI is InChI=1S/C32H43IN6O3/c1-6-11-26-23(7-2)18-25(40)19-29(26)38-15-13-27-28(20-38)34-32(42-21-24-12-10-14-37(24)9-4)35-31(27)36(5)16-17-39(22-33)30(41)8-3/h6-8,11,18-19,24,40H,2-3,9-10,12-17,20-22H2,1,4-5H3/b11-6-/t24-/m0/s1. The molecule has 42 heavy (non-hydrogen) atoms. The second-order valence-electron chi connectivity index (χ2n) is 10.7. The number of carbonyl (C=O) groups is 1. The first-order valence-corrected chi connectivity index (χ1v) is 16.2. The third-order valence-electron chi connectivity index (χ3n) is 8.10. The number of hydrogen-bond donors (Lipinski definition) is 1. The Morgan fingerprint density at radius 1 is 1.26 bits per heavy atom. The van der Waals surface area contributed by atoms with Crippen LogP contribution in [0.25, 0.3) is 12.2 Å². The van der Waals surface area contributed by atoms with Crippen molar-refractivity contribution in [3.63, 3.8) is 0 Å². The van der Waals surface area contributed by atoms with Crippen LogP contribution in [0.5, 0.6) is 11.8 Å². The smallest absolute Gasteiger partial charge is 0.318 e. The van der Waals surface area contributed by atoms with Gasteiger partial charge in [-0.05, 0) is 57.0 Å². The zero-order valence-corrected chi connectivity index (χ0v) is 27.2. The van der Waals surface area contributed by atoms with E-state index in [1.165, 1.54) is 12.5 Å². The summed E-state index contributed by atoms with van der Waals surface area (Å²) in [5.41, 5.74) is 4.84. The number of likely N-dealkylation sites (N-methyl/N-ethyl adjacent to an activating group) is 2. The maximum Gasteiger partial charge on any atom is 0.318 e. The van der Waals surface area contributed by atoms with E-state index in [0.717, 1.165) is 66.4 Å². The van der Waals surface area contributed by atoms with Crippen LogP contribution in [0.2, 0.25) is 0 Å². The fraction of sp³-hybridized carbons (Fsp3) is 0.469. The van der Waals surface area contributed by atoms with Gasteiger partial charge in [0.05, 0.1) is 16.8 Å². The molecule has 0 aliphatic carbocycles. The van der Waals surface area contributed by atoms with Gasteiger partial charge >= 0.3 is 6.01 Å². The number of amides is 1. The molecular formula is C32H43IN6O3. The molecule has 1 atom stereocenters. The van der Waals surface area contributed by atoms with Gasteiger partial charge in [0.25, 0.3) is 0 Å². The third-order valence-corrected chi connectivity index (χ3v) is 8.92. The van der Waals surface area contributed by atoms with Gasteiger partial charge in [-0.2, -0.15) is 9.97 Å². The molecule has 9 nitrogen and oxygen atoms in total. The van der Waals surface area contributed by atoms with Crippen LogP contribution < -0.4 is 14.5 Å². The highest BCUT2D eigenvalue weighted by Crippen LogP contribution is 2.36. The summed E-state index contributed by atoms with van der Waals surface area (Å²) in [4.78, 5) is 30.7. The van der Waals surface area contributed by atoms with Crippen molar-refractivity contribution in [3.05, 3.63) is 59.8 Å². The number of hydrogen-bond acceptors (Lipinski definition) is 8. The van der Waals surface area contributed by atoms with Gasteiger partial charge in [0, 0.05) is 55.6 Å². The number of fused-ring (bicyclic) bond motifs is 1. The highest BCUT2D eigenvalue weighted by molar-refractivity contribution is 14.1. The highest BCUT2D eigenvalue weighted by Gasteiger charge is 2.28. The number of aromatic hydroxyl groups is 1. The van der Waals surface area contributed by atoms with Crippen molar-refractivity contribution >= 4 is 52.2 Å². The number of nitrogens with zero attached hydrogens (tertiary/aromatic N) is 6. The molecule has 1 aromatic heterocycles. The number of allylic oxidation sites excluding steroid dienone is 1. The number of halogens is 1. The highest BCUT2D eigenvalue weighted by atomic mass is 127. The van der Waals surface area contributed by atoms with E-state index in [1.54, 1.807) is 17.0 Å². The van der Waals surface area contributed by atoms with Crippen LogP contribution in [0.3, 0.4) is 0 Å². The summed E-state index contributed by atoms with van der Waals surface area (Å²) in [7, 11) is 2.01. The maximum absolute atomic E-state index is 12.3. The average Bonchev–Trinajstić information content (AvgIpc) is 3.47. The van der Waals surface area contributed by atoms with Crippen LogP contribution >= 0.6 is 22.6 Å². The Morgan fingerprint density at radius 3 is 2.76 bits per heavy atom. The lowest BCUT2D eigenvalue weighted by Gasteiger charge is -2.34. The van der Waals surface area contributed by atoms with Crippen LogP contribution in [0.15, 0.2) is 37.4 Å². The van der Waals surface area contributed by atoms with Gasteiger partial charge in [-0.3, -0.25) is 9.69 Å². The van der Waals surface area contributed by atoms with Gasteiger partial charge in [0.1, 0.15) is 18.2 Å². The summed E-state index contributed by atoms with van der Waals surface area (Å²) in [5.74, 6) is 0.961. The molecule has 0 bridgehead atoms. The summed E-state index contributed by atoms with van der Waals surface area (Å²) >= 11 is 2.20. The molecule has 1 amide bonds. The monoisotopic (exact) mass is 686 g/mol. The quantitative estimate of drug-likeness (QED) is 0.135. The van der Waals surface area contributed by atoms with Crippen molar-refractivity contribution in [2.75, 3.05) is 60.7 Å². The molecule has 1 fully saturated rings. The molecule has 0 radical (unpaired) electrons. The minimum atomic E-state index is -0.0823. The third kappa shape index (κ3) is 7.26. The molecule has 1 N–H and O–H groups in total. The lowest BCUT2D eigenvalue weighted by molar-refractivity contribution is -0.124. The molecule has 4 rings (SSSR count). The largest absolute Gasteiger partial charge is 0.508 e. The Labute approximate surface area is 263 Å². The number of alkyl halides is 1. The number of likely N-dealkylation sites (tertiary alicyclic amines) is 1. The minimum absolute atomic E-state index is 0.0823. The van der Waals surface area contributed by atoms with Gasteiger partial charge < -0.3 is 24.5 Å². The number of ether oxygens (including phenoxy) is 1. The summed E-state index contributed by atoms with van der Waals surface area (Å²) in [6.45, 7) is 16.9. The SMILES string of the molecule is C=CC(=O)N(CI)CCN(C)c1nc(OC[C@@H]2CCCN2CC)nc2c1CCN(c1cc(O)cc(C=C)c1/C=C\C)C2. The number of phenolic OH excluding ortho intramolecular Hbond substituents is 1. The molecule has 226 valence electrons. The van der Waals surface area contributed by atoms with Crippen LogP contribution in [0.1, 0.15) is 49.1 Å². The van der Waals surface area contributed by atoms with E-state index in [0.29, 0.717) is 42.8 Å². The van der Waals surface area contributed by atoms with Gasteiger partial charge in [0.2, 0.25) is 5.91 Å². The molecule has 0 saturated carbocycles. The molecule has 0 unspecified atom stereocenters. The van der Waals surface area contributed by atoms with Gasteiger partial charge in [-0.25, -0.2) is 0 Å². The summed E-state index contributed by atoms with van der Waals surface area (Å²) < 4.78 is 6.87. The van der Waals surface area contributed by atoms with E-state index in [9.17, 15) is 9.90 Å². The Morgan fingerprint density at radius 2 is 2.07 bits per heavy atom. The van der Waals surface area contributed by atoms with Crippen molar-refractivity contribution in [2.24, 2.45) is 0 Å². The second-order valence-corrected chi connectivity index (χ2v) is 11.4. The van der Waals surface area contributed by atoms with Gasteiger partial charge in [-0.1, -0.05) is 60.9 Å². The second kappa shape index (κ2) is 14.9. The van der Waals surface area contributed by atoms with E-state index in [4.69, 9.17) is 14.7 Å². The van der Waals surface area contributed by atoms with Crippen LogP contribution in [0, 0.1) is 0 Å². The Bertz CT molecular complexity index is 1320. The molecule has 1 saturated heterocycles. The Hall–Kier alpha value is -3.12. The van der Waals surface area contributed by atoms with Crippen molar-refractivity contribution in [1.82, 2.24) is 19.8 Å². The minimum Gasteiger partial charge on any atom is -0.508 e. The zero-order chi connectivity index (χ0) is 30.2. The predicted octanol–water partition coefficient (Wildman–Crippen LogP) is 5.13. The normalized spacial score (nSPS) is 16.9. The lowest BCUT2D eigenvalue weighted by Crippen LogP contribution is -2.38. The Balaban J connectivity index is 1.66. The number of anilines is 2.